The highest BCUT2D eigenvalue weighted by Gasteiger charge is 2.39. The molecule has 1 fully saturated rings. The molecule has 2 unspecified atom stereocenters. The molecule has 0 amide bonds. The smallest absolute Gasteiger partial charge is 0.169 e. The van der Waals surface area contributed by atoms with Gasteiger partial charge in [-0.05, 0) is 39.2 Å². The summed E-state index contributed by atoms with van der Waals surface area (Å²) < 4.78 is 5.88. The zero-order valence-electron chi connectivity index (χ0n) is 8.00. The molecule has 0 aliphatic carbocycles. The van der Waals surface area contributed by atoms with Gasteiger partial charge in [0.15, 0.2) is 4.67 Å². The first kappa shape index (κ1) is 10.6. The van der Waals surface area contributed by atoms with Crippen LogP contribution in [-0.4, -0.2) is 22.2 Å². The highest BCUT2D eigenvalue weighted by molar-refractivity contribution is 9.10. The molecule has 0 saturated carbocycles. The quantitative estimate of drug-likeness (QED) is 0.902. The summed E-state index contributed by atoms with van der Waals surface area (Å²) in [5.74, 6) is 2.24. The Bertz CT molecular complexity index is 326. The Morgan fingerprint density at radius 1 is 1.79 bits per heavy atom. The van der Waals surface area contributed by atoms with Crippen LogP contribution in [0.2, 0.25) is 0 Å². The van der Waals surface area contributed by atoms with Gasteiger partial charge in [0.05, 0.1) is 11.9 Å². The molecule has 1 aromatic rings. The van der Waals surface area contributed by atoms with E-state index in [1.165, 1.54) is 0 Å². The molecule has 0 aromatic carbocycles. The summed E-state index contributed by atoms with van der Waals surface area (Å²) in [6, 6.07) is 1.92. The van der Waals surface area contributed by atoms with Crippen LogP contribution in [0.25, 0.3) is 0 Å². The molecule has 1 saturated heterocycles. The van der Waals surface area contributed by atoms with E-state index in [4.69, 9.17) is 4.42 Å². The first-order chi connectivity index (χ1) is 6.60. The number of thioether (sulfide) groups is 1. The molecule has 1 aliphatic heterocycles. The van der Waals surface area contributed by atoms with Crippen LogP contribution in [0.4, 0.5) is 0 Å². The third-order valence-corrected chi connectivity index (χ3v) is 4.62. The van der Waals surface area contributed by atoms with Crippen LogP contribution in [0.5, 0.6) is 0 Å². The number of rotatable bonds is 2. The molecule has 2 atom stereocenters. The van der Waals surface area contributed by atoms with E-state index in [1.54, 1.807) is 6.26 Å². The van der Waals surface area contributed by atoms with Crippen molar-refractivity contribution < 1.29 is 9.52 Å². The summed E-state index contributed by atoms with van der Waals surface area (Å²) in [6.07, 6.45) is 2.40. The Morgan fingerprint density at radius 2 is 2.57 bits per heavy atom. The van der Waals surface area contributed by atoms with Gasteiger partial charge in [-0.25, -0.2) is 0 Å². The fourth-order valence-electron chi connectivity index (χ4n) is 1.73. The van der Waals surface area contributed by atoms with Gasteiger partial charge in [-0.3, -0.25) is 0 Å². The van der Waals surface area contributed by atoms with E-state index < -0.39 is 5.60 Å². The standard InChI is InChI=1S/C10H13BrO2S/c1-7-5-14-6-10(7,12)3-8-2-9(11)13-4-8/h2,4,7,12H,3,5-6H2,1H3. The lowest BCUT2D eigenvalue weighted by Crippen LogP contribution is -2.37. The molecule has 1 N–H and O–H groups in total. The van der Waals surface area contributed by atoms with E-state index in [0.717, 1.165) is 21.7 Å². The molecule has 0 bridgehead atoms. The second-order valence-corrected chi connectivity index (χ2v) is 5.77. The lowest BCUT2D eigenvalue weighted by molar-refractivity contribution is 0.0277. The average Bonchev–Trinajstić information content (AvgIpc) is 2.62. The van der Waals surface area contributed by atoms with Crippen LogP contribution >= 0.6 is 27.7 Å². The minimum absolute atomic E-state index is 0.362. The van der Waals surface area contributed by atoms with Gasteiger partial charge in [0, 0.05) is 12.2 Å². The van der Waals surface area contributed by atoms with Crippen molar-refractivity contribution in [3.8, 4) is 0 Å². The second kappa shape index (κ2) is 3.91. The molecular weight excluding hydrogens is 264 g/mol. The van der Waals surface area contributed by atoms with Crippen LogP contribution in [0.15, 0.2) is 21.4 Å². The molecule has 78 valence electrons. The van der Waals surface area contributed by atoms with E-state index in [1.807, 2.05) is 17.8 Å². The third kappa shape index (κ3) is 2.02. The van der Waals surface area contributed by atoms with Crippen molar-refractivity contribution in [2.24, 2.45) is 5.92 Å². The summed E-state index contributed by atoms with van der Waals surface area (Å²) in [4.78, 5) is 0. The van der Waals surface area contributed by atoms with Crippen molar-refractivity contribution in [1.29, 1.82) is 0 Å². The first-order valence-corrected chi connectivity index (χ1v) is 6.58. The fraction of sp³-hybridized carbons (Fsp3) is 0.600. The van der Waals surface area contributed by atoms with Gasteiger partial charge in [0.2, 0.25) is 0 Å². The summed E-state index contributed by atoms with van der Waals surface area (Å²) in [5, 5.41) is 10.3. The third-order valence-electron chi connectivity index (χ3n) is 2.77. The highest BCUT2D eigenvalue weighted by atomic mass is 79.9. The zero-order chi connectivity index (χ0) is 10.2. The van der Waals surface area contributed by atoms with E-state index in [9.17, 15) is 5.11 Å². The largest absolute Gasteiger partial charge is 0.457 e. The number of hydrogen-bond donors (Lipinski definition) is 1. The monoisotopic (exact) mass is 276 g/mol. The van der Waals surface area contributed by atoms with Gasteiger partial charge in [-0.15, -0.1) is 0 Å². The van der Waals surface area contributed by atoms with Gasteiger partial charge in [0.1, 0.15) is 0 Å². The maximum atomic E-state index is 10.3. The fourth-order valence-corrected chi connectivity index (χ4v) is 3.64. The van der Waals surface area contributed by atoms with Crippen molar-refractivity contribution in [2.75, 3.05) is 11.5 Å². The average molecular weight is 277 g/mol. The van der Waals surface area contributed by atoms with Crippen LogP contribution in [0.3, 0.4) is 0 Å². The maximum Gasteiger partial charge on any atom is 0.169 e. The summed E-state index contributed by atoms with van der Waals surface area (Å²) in [7, 11) is 0. The van der Waals surface area contributed by atoms with Gasteiger partial charge in [0.25, 0.3) is 0 Å². The molecule has 0 spiro atoms. The van der Waals surface area contributed by atoms with Crippen LogP contribution in [0, 0.1) is 5.92 Å². The van der Waals surface area contributed by atoms with Crippen LogP contribution in [0.1, 0.15) is 12.5 Å². The normalized spacial score (nSPS) is 32.4. The van der Waals surface area contributed by atoms with Gasteiger partial charge >= 0.3 is 0 Å². The number of aliphatic hydroxyl groups is 1. The lowest BCUT2D eigenvalue weighted by atomic mass is 9.87. The van der Waals surface area contributed by atoms with Crippen molar-refractivity contribution >= 4 is 27.7 Å². The molecule has 0 radical (unpaired) electrons. The highest BCUT2D eigenvalue weighted by Crippen LogP contribution is 2.36. The van der Waals surface area contributed by atoms with Gasteiger partial charge < -0.3 is 9.52 Å². The van der Waals surface area contributed by atoms with Gasteiger partial charge in [-0.1, -0.05) is 6.92 Å². The minimum atomic E-state index is -0.548. The second-order valence-electron chi connectivity index (χ2n) is 3.96. The Labute approximate surface area is 96.2 Å². The van der Waals surface area contributed by atoms with Gasteiger partial charge in [-0.2, -0.15) is 11.8 Å². The van der Waals surface area contributed by atoms with Crippen molar-refractivity contribution in [3.05, 3.63) is 22.6 Å². The Kier molecular flexibility index (Phi) is 2.96. The summed E-state index contributed by atoms with van der Waals surface area (Å²) >= 11 is 5.08. The molecule has 14 heavy (non-hydrogen) atoms. The predicted molar refractivity (Wildman–Crippen MR) is 61.6 cm³/mol. The summed E-state index contributed by atoms with van der Waals surface area (Å²) in [6.45, 7) is 2.11. The zero-order valence-corrected chi connectivity index (χ0v) is 10.4. The lowest BCUT2D eigenvalue weighted by Gasteiger charge is -2.25. The minimum Gasteiger partial charge on any atom is -0.457 e. The van der Waals surface area contributed by atoms with E-state index in [2.05, 4.69) is 22.9 Å². The van der Waals surface area contributed by atoms with Crippen LogP contribution in [-0.2, 0) is 6.42 Å². The molecule has 1 aliphatic rings. The number of furan rings is 1. The van der Waals surface area contributed by atoms with Crippen molar-refractivity contribution in [1.82, 2.24) is 0 Å². The van der Waals surface area contributed by atoms with Crippen molar-refractivity contribution in [2.45, 2.75) is 18.9 Å². The number of halogens is 1. The number of hydrogen-bond acceptors (Lipinski definition) is 3. The van der Waals surface area contributed by atoms with Crippen LogP contribution < -0.4 is 0 Å². The Hall–Kier alpha value is 0.0700. The molecule has 1 aromatic heterocycles. The Balaban J connectivity index is 2.10. The molecule has 2 rings (SSSR count). The summed E-state index contributed by atoms with van der Waals surface area (Å²) in [5.41, 5.74) is 0.516. The van der Waals surface area contributed by atoms with E-state index in [0.29, 0.717) is 12.3 Å². The van der Waals surface area contributed by atoms with E-state index >= 15 is 0 Å². The maximum absolute atomic E-state index is 10.3. The SMILES string of the molecule is CC1CSCC1(O)Cc1coc(Br)c1. The molecular formula is C10H13BrO2S. The molecule has 4 heteroatoms. The first-order valence-electron chi connectivity index (χ1n) is 4.63. The van der Waals surface area contributed by atoms with Crippen molar-refractivity contribution in [3.63, 3.8) is 0 Å². The molecule has 2 nitrogen and oxygen atoms in total. The Morgan fingerprint density at radius 3 is 3.07 bits per heavy atom. The topological polar surface area (TPSA) is 33.4 Å². The molecule has 2 heterocycles. The predicted octanol–water partition coefficient (Wildman–Crippen LogP) is 2.70. The van der Waals surface area contributed by atoms with E-state index in [-0.39, 0.29) is 0 Å².